The van der Waals surface area contributed by atoms with Crippen molar-refractivity contribution in [3.05, 3.63) is 35.9 Å². The van der Waals surface area contributed by atoms with Crippen LogP contribution in [0.2, 0.25) is 0 Å². The molecule has 3 amide bonds. The zero-order chi connectivity index (χ0) is 26.3. The third kappa shape index (κ3) is 7.54. The summed E-state index contributed by atoms with van der Waals surface area (Å²) in [6, 6.07) is 9.16. The molecule has 3 rings (SSSR count). The van der Waals surface area contributed by atoms with Crippen LogP contribution in [0.4, 0.5) is 0 Å². The summed E-state index contributed by atoms with van der Waals surface area (Å²) in [6.07, 6.45) is 2.14. The van der Waals surface area contributed by atoms with E-state index in [2.05, 4.69) is 22.8 Å². The van der Waals surface area contributed by atoms with Crippen LogP contribution in [-0.4, -0.2) is 79.2 Å². The highest BCUT2D eigenvalue weighted by molar-refractivity contribution is 6.48. The molecule has 2 heterocycles. The standard InChI is InChI=1S/C26H40BN3O6/c1-19(31)28-21(18-23(32)30-14-16-34-17-15-30)24(33)29-22(13-9-12-20-10-7-6-8-11-20)27-35-25(2,3)26(4,5)36-27/h6-8,10-11,21-22H,9,12-18H2,1-5H3,(H,28,31)(H,29,33)/t21?,22-/m0/s1. The van der Waals surface area contributed by atoms with Crippen LogP contribution in [0, 0.1) is 0 Å². The first-order valence-corrected chi connectivity index (χ1v) is 12.8. The lowest BCUT2D eigenvalue weighted by atomic mass is 9.75. The predicted octanol–water partition coefficient (Wildman–Crippen LogP) is 1.88. The maximum absolute atomic E-state index is 13.4. The molecule has 0 saturated carbocycles. The fourth-order valence-corrected chi connectivity index (χ4v) is 4.35. The Morgan fingerprint density at radius 3 is 2.19 bits per heavy atom. The van der Waals surface area contributed by atoms with Gasteiger partial charge in [-0.2, -0.15) is 0 Å². The van der Waals surface area contributed by atoms with Gasteiger partial charge in [-0.1, -0.05) is 30.3 Å². The summed E-state index contributed by atoms with van der Waals surface area (Å²) in [5.74, 6) is -1.44. The molecule has 198 valence electrons. The topological polar surface area (TPSA) is 106 Å². The average Bonchev–Trinajstić information content (AvgIpc) is 3.05. The van der Waals surface area contributed by atoms with Crippen molar-refractivity contribution in [3.63, 3.8) is 0 Å². The van der Waals surface area contributed by atoms with Crippen molar-refractivity contribution in [2.24, 2.45) is 0 Å². The molecule has 10 heteroatoms. The normalized spacial score (nSPS) is 20.5. The van der Waals surface area contributed by atoms with Crippen LogP contribution in [-0.2, 0) is 34.9 Å². The Morgan fingerprint density at radius 1 is 1.00 bits per heavy atom. The molecule has 1 aromatic carbocycles. The number of benzene rings is 1. The number of rotatable bonds is 10. The van der Waals surface area contributed by atoms with Gasteiger partial charge in [0, 0.05) is 20.0 Å². The number of aryl methyl sites for hydroxylation is 1. The second kappa shape index (κ2) is 12.2. The van der Waals surface area contributed by atoms with Crippen molar-refractivity contribution in [2.75, 3.05) is 26.3 Å². The van der Waals surface area contributed by atoms with Crippen molar-refractivity contribution in [1.82, 2.24) is 15.5 Å². The smallest absolute Gasteiger partial charge is 0.402 e. The molecule has 1 unspecified atom stereocenters. The van der Waals surface area contributed by atoms with Gasteiger partial charge in [0.05, 0.1) is 36.8 Å². The number of ether oxygens (including phenoxy) is 1. The van der Waals surface area contributed by atoms with Gasteiger partial charge in [-0.25, -0.2) is 0 Å². The van der Waals surface area contributed by atoms with Crippen molar-refractivity contribution in [2.45, 2.75) is 83.5 Å². The van der Waals surface area contributed by atoms with E-state index in [1.165, 1.54) is 12.5 Å². The molecule has 2 aliphatic heterocycles. The Labute approximate surface area is 214 Å². The van der Waals surface area contributed by atoms with Crippen molar-refractivity contribution in [1.29, 1.82) is 0 Å². The van der Waals surface area contributed by atoms with Gasteiger partial charge in [-0.15, -0.1) is 0 Å². The molecule has 2 N–H and O–H groups in total. The van der Waals surface area contributed by atoms with E-state index >= 15 is 0 Å². The lowest BCUT2D eigenvalue weighted by Crippen LogP contribution is -2.56. The van der Waals surface area contributed by atoms with Crippen LogP contribution in [0.5, 0.6) is 0 Å². The van der Waals surface area contributed by atoms with Gasteiger partial charge in [-0.05, 0) is 52.5 Å². The molecular weight excluding hydrogens is 461 g/mol. The molecule has 1 aromatic rings. The maximum Gasteiger partial charge on any atom is 0.481 e. The molecule has 0 aromatic heterocycles. The Balaban J connectivity index is 1.70. The minimum atomic E-state index is -0.989. The predicted molar refractivity (Wildman–Crippen MR) is 137 cm³/mol. The van der Waals surface area contributed by atoms with Gasteiger partial charge in [0.25, 0.3) is 0 Å². The molecular formula is C26H40BN3O6. The third-order valence-electron chi connectivity index (χ3n) is 7.19. The van der Waals surface area contributed by atoms with Crippen LogP contribution in [0.25, 0.3) is 0 Å². The Kier molecular flexibility index (Phi) is 9.55. The van der Waals surface area contributed by atoms with Gasteiger partial charge in [0.15, 0.2) is 0 Å². The second-order valence-electron chi connectivity index (χ2n) is 10.6. The van der Waals surface area contributed by atoms with Crippen LogP contribution < -0.4 is 10.6 Å². The zero-order valence-electron chi connectivity index (χ0n) is 22.2. The Bertz CT molecular complexity index is 888. The number of carbonyl (C=O) groups is 3. The zero-order valence-corrected chi connectivity index (χ0v) is 22.2. The molecule has 0 aliphatic carbocycles. The first-order chi connectivity index (χ1) is 17.0. The summed E-state index contributed by atoms with van der Waals surface area (Å²) in [5, 5.41) is 5.68. The number of amides is 3. The number of carbonyl (C=O) groups excluding carboxylic acids is 3. The number of morpholine rings is 1. The van der Waals surface area contributed by atoms with Crippen LogP contribution in [0.3, 0.4) is 0 Å². The van der Waals surface area contributed by atoms with E-state index in [1.807, 2.05) is 45.9 Å². The maximum atomic E-state index is 13.4. The molecule has 0 spiro atoms. The first kappa shape index (κ1) is 28.2. The van der Waals surface area contributed by atoms with Gasteiger partial charge in [-0.3, -0.25) is 14.4 Å². The second-order valence-corrected chi connectivity index (χ2v) is 10.6. The summed E-state index contributed by atoms with van der Waals surface area (Å²) in [6.45, 7) is 11.1. The largest absolute Gasteiger partial charge is 0.481 e. The highest BCUT2D eigenvalue weighted by Gasteiger charge is 2.54. The van der Waals surface area contributed by atoms with Crippen LogP contribution in [0.1, 0.15) is 59.4 Å². The number of hydrogen-bond donors (Lipinski definition) is 2. The molecule has 9 nitrogen and oxygen atoms in total. The van der Waals surface area contributed by atoms with Crippen molar-refractivity contribution >= 4 is 24.8 Å². The van der Waals surface area contributed by atoms with E-state index in [4.69, 9.17) is 14.0 Å². The highest BCUT2D eigenvalue weighted by atomic mass is 16.7. The number of hydrogen-bond acceptors (Lipinski definition) is 6. The molecule has 0 radical (unpaired) electrons. The van der Waals surface area contributed by atoms with E-state index in [0.29, 0.717) is 32.7 Å². The van der Waals surface area contributed by atoms with Gasteiger partial charge in [0.2, 0.25) is 17.7 Å². The van der Waals surface area contributed by atoms with E-state index in [-0.39, 0.29) is 18.2 Å². The molecule has 2 aliphatic rings. The summed E-state index contributed by atoms with van der Waals surface area (Å²) >= 11 is 0. The quantitative estimate of drug-likeness (QED) is 0.475. The first-order valence-electron chi connectivity index (χ1n) is 12.8. The summed E-state index contributed by atoms with van der Waals surface area (Å²) < 4.78 is 17.8. The van der Waals surface area contributed by atoms with Crippen molar-refractivity contribution in [3.8, 4) is 0 Å². The monoisotopic (exact) mass is 501 g/mol. The molecule has 2 atom stereocenters. The fourth-order valence-electron chi connectivity index (χ4n) is 4.35. The van der Waals surface area contributed by atoms with Crippen LogP contribution >= 0.6 is 0 Å². The van der Waals surface area contributed by atoms with E-state index in [1.54, 1.807) is 4.90 Å². The number of nitrogens with one attached hydrogen (secondary N) is 2. The molecule has 36 heavy (non-hydrogen) atoms. The van der Waals surface area contributed by atoms with Gasteiger partial charge < -0.3 is 29.6 Å². The van der Waals surface area contributed by atoms with E-state index in [9.17, 15) is 14.4 Å². The summed E-state index contributed by atoms with van der Waals surface area (Å²) in [4.78, 5) is 39.7. The number of nitrogens with zero attached hydrogens (tertiary/aromatic N) is 1. The molecule has 0 bridgehead atoms. The van der Waals surface area contributed by atoms with E-state index in [0.717, 1.165) is 12.8 Å². The Hall–Kier alpha value is -2.43. The molecule has 2 saturated heterocycles. The Morgan fingerprint density at radius 2 is 1.61 bits per heavy atom. The lowest BCUT2D eigenvalue weighted by molar-refractivity contribution is -0.139. The summed E-state index contributed by atoms with van der Waals surface area (Å²) in [7, 11) is -0.650. The van der Waals surface area contributed by atoms with E-state index < -0.39 is 36.2 Å². The molecule has 2 fully saturated rings. The SMILES string of the molecule is CC(=O)NC(CC(=O)N1CCOCC1)C(=O)N[C@@H](CCCc1ccccc1)B1OC(C)(C)C(C)(C)O1. The fraction of sp³-hybridized carbons (Fsp3) is 0.654. The van der Waals surface area contributed by atoms with Gasteiger partial charge >= 0.3 is 7.12 Å². The highest BCUT2D eigenvalue weighted by Crippen LogP contribution is 2.38. The van der Waals surface area contributed by atoms with Crippen molar-refractivity contribution < 1.29 is 28.4 Å². The van der Waals surface area contributed by atoms with Crippen LogP contribution in [0.15, 0.2) is 30.3 Å². The summed E-state index contributed by atoms with van der Waals surface area (Å²) in [5.41, 5.74) is 0.107. The minimum Gasteiger partial charge on any atom is -0.402 e. The minimum absolute atomic E-state index is 0.120. The lowest BCUT2D eigenvalue weighted by Gasteiger charge is -2.32. The average molecular weight is 501 g/mol. The third-order valence-corrected chi connectivity index (χ3v) is 7.19. The van der Waals surface area contributed by atoms with Gasteiger partial charge in [0.1, 0.15) is 6.04 Å².